The molecule has 3 aromatic rings. The number of pyridine rings is 1. The van der Waals surface area contributed by atoms with Crippen LogP contribution in [0.15, 0.2) is 36.5 Å². The number of hydrogen-bond donors (Lipinski definition) is 1. The number of nitrogens with two attached hydrogens (primary N) is 1. The summed E-state index contributed by atoms with van der Waals surface area (Å²) in [5.74, 6) is -2.25. The number of halogens is 2. The Bertz CT molecular complexity index is 1050. The highest BCUT2D eigenvalue weighted by atomic mass is 19.3. The molecule has 8 heteroatoms. The third-order valence-corrected chi connectivity index (χ3v) is 5.10. The highest BCUT2D eigenvalue weighted by Gasteiger charge is 2.42. The summed E-state index contributed by atoms with van der Waals surface area (Å²) in [4.78, 5) is 14.2. The van der Waals surface area contributed by atoms with Crippen LogP contribution in [0.1, 0.15) is 17.7 Å². The maximum absolute atomic E-state index is 13.9. The Morgan fingerprint density at radius 3 is 2.82 bits per heavy atom. The van der Waals surface area contributed by atoms with Crippen molar-refractivity contribution in [3.05, 3.63) is 59.2 Å². The van der Waals surface area contributed by atoms with E-state index in [1.54, 1.807) is 12.1 Å². The fourth-order valence-electron chi connectivity index (χ4n) is 3.47. The van der Waals surface area contributed by atoms with Gasteiger partial charge in [0.1, 0.15) is 0 Å². The molecular formula is C20H20F2N6. The van der Waals surface area contributed by atoms with Crippen molar-refractivity contribution in [3.63, 3.8) is 0 Å². The van der Waals surface area contributed by atoms with Crippen LogP contribution in [0.4, 0.5) is 20.4 Å². The van der Waals surface area contributed by atoms with E-state index in [0.29, 0.717) is 18.2 Å². The molecule has 2 aromatic heterocycles. The van der Waals surface area contributed by atoms with Gasteiger partial charge in [-0.3, -0.25) is 4.98 Å². The quantitative estimate of drug-likeness (QED) is 0.704. The van der Waals surface area contributed by atoms with Gasteiger partial charge in [0.15, 0.2) is 0 Å². The first kappa shape index (κ1) is 18.3. The van der Waals surface area contributed by atoms with Crippen LogP contribution in [-0.4, -0.2) is 39.6 Å². The lowest BCUT2D eigenvalue weighted by atomic mass is 10.0. The van der Waals surface area contributed by atoms with Crippen LogP contribution in [0.5, 0.6) is 0 Å². The molecule has 4 rings (SSSR count). The normalized spacial score (nSPS) is 19.0. The molecule has 0 saturated carbocycles. The maximum Gasteiger partial charge on any atom is 0.266 e. The molecule has 1 saturated heterocycles. The van der Waals surface area contributed by atoms with E-state index in [0.717, 1.165) is 22.3 Å². The lowest BCUT2D eigenvalue weighted by Gasteiger charge is -2.37. The minimum Gasteiger partial charge on any atom is -0.340 e. The van der Waals surface area contributed by atoms with E-state index in [1.807, 2.05) is 34.6 Å². The molecule has 3 heterocycles. The van der Waals surface area contributed by atoms with Crippen molar-refractivity contribution in [3.8, 4) is 0 Å². The van der Waals surface area contributed by atoms with Crippen molar-refractivity contribution in [1.29, 1.82) is 0 Å². The number of piperidine rings is 1. The molecule has 144 valence electrons. The first-order valence-corrected chi connectivity index (χ1v) is 9.05. The van der Waals surface area contributed by atoms with Crippen LogP contribution >= 0.6 is 0 Å². The molecule has 0 amide bonds. The third kappa shape index (κ3) is 3.29. The van der Waals surface area contributed by atoms with Gasteiger partial charge in [-0.05, 0) is 30.7 Å². The van der Waals surface area contributed by atoms with Gasteiger partial charge in [-0.25, -0.2) is 18.6 Å². The topological polar surface area (TPSA) is 64.3 Å². The predicted octanol–water partition coefficient (Wildman–Crippen LogP) is 3.51. The van der Waals surface area contributed by atoms with Gasteiger partial charge in [-0.15, -0.1) is 0 Å². The van der Waals surface area contributed by atoms with Crippen molar-refractivity contribution in [2.45, 2.75) is 31.9 Å². The monoisotopic (exact) mass is 382 g/mol. The molecule has 1 aliphatic heterocycles. The lowest BCUT2D eigenvalue weighted by molar-refractivity contribution is -0.0395. The number of fused-ring (bicyclic) bond motifs is 1. The Morgan fingerprint density at radius 2 is 2.14 bits per heavy atom. The van der Waals surface area contributed by atoms with Gasteiger partial charge in [0.25, 0.3) is 5.92 Å². The van der Waals surface area contributed by atoms with E-state index in [-0.39, 0.29) is 19.5 Å². The second-order valence-corrected chi connectivity index (χ2v) is 7.17. The summed E-state index contributed by atoms with van der Waals surface area (Å²) >= 11 is 0. The summed E-state index contributed by atoms with van der Waals surface area (Å²) in [6.45, 7) is 9.70. The molecule has 0 spiro atoms. The van der Waals surface area contributed by atoms with Gasteiger partial charge >= 0.3 is 0 Å². The molecule has 0 bridgehead atoms. The van der Waals surface area contributed by atoms with Crippen molar-refractivity contribution < 1.29 is 8.78 Å². The molecule has 6 nitrogen and oxygen atoms in total. The van der Waals surface area contributed by atoms with E-state index in [4.69, 9.17) is 17.3 Å². The zero-order valence-corrected chi connectivity index (χ0v) is 15.4. The number of hydrogen-bond acceptors (Lipinski definition) is 4. The number of aryl methyl sites for hydroxylation is 1. The minimum atomic E-state index is -2.86. The SMILES string of the molecule is [C-]#[N+]c1ccc(Cn2c(N3CCC(F)(F)[C@H](N)C3)nc3ccc(C)cc32)nc1. The van der Waals surface area contributed by atoms with Crippen LogP contribution in [0.3, 0.4) is 0 Å². The molecule has 1 fully saturated rings. The van der Waals surface area contributed by atoms with Gasteiger partial charge in [0.05, 0.1) is 35.9 Å². The molecule has 28 heavy (non-hydrogen) atoms. The molecule has 1 aromatic carbocycles. The highest BCUT2D eigenvalue weighted by Crippen LogP contribution is 2.32. The van der Waals surface area contributed by atoms with Gasteiger partial charge in [-0.2, -0.15) is 0 Å². The predicted molar refractivity (Wildman–Crippen MR) is 104 cm³/mol. The number of aromatic nitrogens is 3. The van der Waals surface area contributed by atoms with Crippen LogP contribution in [-0.2, 0) is 6.54 Å². The summed E-state index contributed by atoms with van der Waals surface area (Å²) in [7, 11) is 0. The zero-order chi connectivity index (χ0) is 19.9. The Kier molecular flexibility index (Phi) is 4.47. The largest absolute Gasteiger partial charge is 0.340 e. The van der Waals surface area contributed by atoms with Crippen LogP contribution in [0.25, 0.3) is 15.9 Å². The number of imidazole rings is 1. The average molecular weight is 382 g/mol. The van der Waals surface area contributed by atoms with Gasteiger partial charge in [0.2, 0.25) is 11.6 Å². The summed E-state index contributed by atoms with van der Waals surface area (Å²) in [6, 6.07) is 8.22. The molecule has 0 unspecified atom stereocenters. The lowest BCUT2D eigenvalue weighted by Crippen LogP contribution is -2.55. The summed E-state index contributed by atoms with van der Waals surface area (Å²) in [5.41, 5.74) is 9.75. The minimum absolute atomic E-state index is 0.0411. The fourth-order valence-corrected chi connectivity index (χ4v) is 3.47. The number of nitrogens with zero attached hydrogens (tertiary/aromatic N) is 5. The number of benzene rings is 1. The summed E-state index contributed by atoms with van der Waals surface area (Å²) < 4.78 is 29.7. The van der Waals surface area contributed by atoms with E-state index in [1.165, 1.54) is 6.20 Å². The first-order valence-electron chi connectivity index (χ1n) is 9.05. The van der Waals surface area contributed by atoms with Gasteiger partial charge in [-0.1, -0.05) is 12.1 Å². The molecule has 0 aliphatic carbocycles. The Balaban J connectivity index is 1.75. The van der Waals surface area contributed by atoms with Crippen LogP contribution < -0.4 is 10.6 Å². The Hall–Kier alpha value is -3.05. The number of alkyl halides is 2. The van der Waals surface area contributed by atoms with Crippen molar-refractivity contribution >= 4 is 22.7 Å². The van der Waals surface area contributed by atoms with E-state index in [2.05, 4.69) is 9.83 Å². The van der Waals surface area contributed by atoms with E-state index < -0.39 is 12.0 Å². The smallest absolute Gasteiger partial charge is 0.266 e. The second kappa shape index (κ2) is 6.84. The molecule has 0 radical (unpaired) electrons. The summed E-state index contributed by atoms with van der Waals surface area (Å²) in [6.07, 6.45) is 1.23. The van der Waals surface area contributed by atoms with Gasteiger partial charge in [0, 0.05) is 25.7 Å². The standard InChI is InChI=1S/C20H20F2N6/c1-13-3-6-16-17(9-13)28(11-15-5-4-14(24-2)10-25-15)19(26-16)27-8-7-20(21,22)18(23)12-27/h3-6,9-10,18H,7-8,11-12,23H2,1H3/t18-/m1/s1. The first-order chi connectivity index (χ1) is 13.4. The Morgan fingerprint density at radius 1 is 1.32 bits per heavy atom. The second-order valence-electron chi connectivity index (χ2n) is 7.17. The van der Waals surface area contributed by atoms with E-state index in [9.17, 15) is 8.78 Å². The zero-order valence-electron chi connectivity index (χ0n) is 15.4. The van der Waals surface area contributed by atoms with Crippen molar-refractivity contribution in [1.82, 2.24) is 14.5 Å². The van der Waals surface area contributed by atoms with Crippen LogP contribution in [0, 0.1) is 13.5 Å². The van der Waals surface area contributed by atoms with Gasteiger partial charge < -0.3 is 15.2 Å². The molecular weight excluding hydrogens is 362 g/mol. The fraction of sp³-hybridized carbons (Fsp3) is 0.350. The molecule has 2 N–H and O–H groups in total. The average Bonchev–Trinajstić information content (AvgIpc) is 3.02. The van der Waals surface area contributed by atoms with Crippen LogP contribution in [0.2, 0.25) is 0 Å². The van der Waals surface area contributed by atoms with Crippen molar-refractivity contribution in [2.75, 3.05) is 18.0 Å². The maximum atomic E-state index is 13.9. The highest BCUT2D eigenvalue weighted by molar-refractivity contribution is 5.80. The summed E-state index contributed by atoms with van der Waals surface area (Å²) in [5, 5.41) is 0. The van der Waals surface area contributed by atoms with Crippen molar-refractivity contribution in [2.24, 2.45) is 5.73 Å². The number of rotatable bonds is 3. The Labute approximate surface area is 161 Å². The number of anilines is 1. The van der Waals surface area contributed by atoms with E-state index >= 15 is 0 Å². The molecule has 1 atom stereocenters. The third-order valence-electron chi connectivity index (χ3n) is 5.10. The molecule has 1 aliphatic rings.